The maximum atomic E-state index is 4.49. The first-order chi connectivity index (χ1) is 8.43. The van der Waals surface area contributed by atoms with Crippen molar-refractivity contribution in [3.63, 3.8) is 0 Å². The van der Waals surface area contributed by atoms with E-state index < -0.39 is 0 Å². The van der Waals surface area contributed by atoms with Gasteiger partial charge in [-0.2, -0.15) is 4.37 Å². The smallest absolute Gasteiger partial charge is 0.147 e. The lowest BCUT2D eigenvalue weighted by Crippen LogP contribution is -2.33. The van der Waals surface area contributed by atoms with E-state index in [0.717, 1.165) is 24.8 Å². The standard InChI is InChI=1S/C13H17N3S.ClH/c1-2-6-12-11(5-1)13(16-17-12)15-9-10-4-3-7-14-8-10;/h1-2,5-6,10,14H,3-4,7-9H2,(H,15,16);1H. The molecule has 0 bridgehead atoms. The van der Waals surface area contributed by atoms with Crippen LogP contribution in [0.2, 0.25) is 0 Å². The number of fused-ring (bicyclic) bond motifs is 1. The number of nitrogens with zero attached hydrogens (tertiary/aromatic N) is 1. The maximum Gasteiger partial charge on any atom is 0.147 e. The maximum absolute atomic E-state index is 4.49. The van der Waals surface area contributed by atoms with Crippen LogP contribution in [-0.2, 0) is 0 Å². The van der Waals surface area contributed by atoms with Gasteiger partial charge in [-0.15, -0.1) is 12.4 Å². The molecule has 0 saturated carbocycles. The number of hydrogen-bond acceptors (Lipinski definition) is 4. The zero-order chi connectivity index (χ0) is 11.5. The summed E-state index contributed by atoms with van der Waals surface area (Å²) in [4.78, 5) is 0. The SMILES string of the molecule is Cl.c1ccc2c(NCC3CCCNC3)nsc2c1. The first-order valence-corrected chi connectivity index (χ1v) is 7.00. The van der Waals surface area contributed by atoms with E-state index in [4.69, 9.17) is 0 Å². The van der Waals surface area contributed by atoms with Crippen LogP contribution < -0.4 is 10.6 Å². The molecular weight excluding hydrogens is 266 g/mol. The number of aromatic nitrogens is 1. The highest BCUT2D eigenvalue weighted by atomic mass is 35.5. The minimum absolute atomic E-state index is 0. The second kappa shape index (κ2) is 6.36. The molecule has 0 amide bonds. The van der Waals surface area contributed by atoms with Gasteiger partial charge in [-0.05, 0) is 55.5 Å². The van der Waals surface area contributed by atoms with E-state index >= 15 is 0 Å². The molecule has 1 unspecified atom stereocenters. The molecule has 3 rings (SSSR count). The zero-order valence-electron chi connectivity index (χ0n) is 10.2. The predicted octanol–water partition coefficient (Wildman–Crippen LogP) is 3.13. The fraction of sp³-hybridized carbons (Fsp3) is 0.462. The van der Waals surface area contributed by atoms with E-state index in [2.05, 4.69) is 39.3 Å². The third kappa shape index (κ3) is 2.94. The Labute approximate surface area is 118 Å². The molecule has 0 aliphatic carbocycles. The second-order valence-corrected chi connectivity index (χ2v) is 5.43. The molecule has 5 heteroatoms. The van der Waals surface area contributed by atoms with Crippen molar-refractivity contribution in [1.82, 2.24) is 9.69 Å². The lowest BCUT2D eigenvalue weighted by atomic mass is 10.00. The van der Waals surface area contributed by atoms with E-state index in [1.165, 1.54) is 29.5 Å². The van der Waals surface area contributed by atoms with Crippen molar-refractivity contribution in [3.05, 3.63) is 24.3 Å². The third-order valence-corrected chi connectivity index (χ3v) is 4.16. The van der Waals surface area contributed by atoms with Crippen LogP contribution in [-0.4, -0.2) is 24.0 Å². The minimum atomic E-state index is 0. The summed E-state index contributed by atoms with van der Waals surface area (Å²) >= 11 is 1.57. The van der Waals surface area contributed by atoms with Crippen molar-refractivity contribution in [2.24, 2.45) is 5.92 Å². The molecule has 98 valence electrons. The van der Waals surface area contributed by atoms with Gasteiger partial charge in [0.05, 0.1) is 4.70 Å². The molecule has 3 nitrogen and oxygen atoms in total. The first kappa shape index (κ1) is 13.6. The topological polar surface area (TPSA) is 37.0 Å². The third-order valence-electron chi connectivity index (χ3n) is 3.33. The monoisotopic (exact) mass is 283 g/mol. The molecule has 1 fully saturated rings. The molecule has 0 spiro atoms. The van der Waals surface area contributed by atoms with Gasteiger partial charge in [-0.3, -0.25) is 0 Å². The van der Waals surface area contributed by atoms with Gasteiger partial charge in [0.2, 0.25) is 0 Å². The number of hydrogen-bond donors (Lipinski definition) is 2. The summed E-state index contributed by atoms with van der Waals surface area (Å²) in [7, 11) is 0. The Morgan fingerprint density at radius 3 is 3.11 bits per heavy atom. The summed E-state index contributed by atoms with van der Waals surface area (Å²) in [5, 5.41) is 8.19. The van der Waals surface area contributed by atoms with Gasteiger partial charge < -0.3 is 10.6 Å². The molecule has 1 aromatic heterocycles. The van der Waals surface area contributed by atoms with Crippen molar-refractivity contribution in [1.29, 1.82) is 0 Å². The Bertz CT molecular complexity index is 494. The predicted molar refractivity (Wildman–Crippen MR) is 81.0 cm³/mol. The number of piperidine rings is 1. The Morgan fingerprint density at radius 1 is 1.39 bits per heavy atom. The molecule has 2 aromatic rings. The fourth-order valence-corrected chi connectivity index (χ4v) is 3.11. The molecule has 1 aliphatic heterocycles. The highest BCUT2D eigenvalue weighted by molar-refractivity contribution is 7.13. The molecule has 18 heavy (non-hydrogen) atoms. The van der Waals surface area contributed by atoms with Gasteiger partial charge >= 0.3 is 0 Å². The van der Waals surface area contributed by atoms with Crippen molar-refractivity contribution in [3.8, 4) is 0 Å². The summed E-state index contributed by atoms with van der Waals surface area (Å²) in [6.07, 6.45) is 2.62. The average molecular weight is 284 g/mol. The highest BCUT2D eigenvalue weighted by Crippen LogP contribution is 2.26. The van der Waals surface area contributed by atoms with Crippen LogP contribution in [0.5, 0.6) is 0 Å². The minimum Gasteiger partial charge on any atom is -0.368 e. The second-order valence-electron chi connectivity index (χ2n) is 4.62. The normalized spacial score (nSPS) is 19.4. The van der Waals surface area contributed by atoms with Crippen molar-refractivity contribution < 1.29 is 0 Å². The van der Waals surface area contributed by atoms with Crippen LogP contribution in [0.15, 0.2) is 24.3 Å². The fourth-order valence-electron chi connectivity index (χ4n) is 2.35. The molecule has 1 saturated heterocycles. The lowest BCUT2D eigenvalue weighted by molar-refractivity contribution is 0.393. The van der Waals surface area contributed by atoms with Crippen LogP contribution in [0, 0.1) is 5.92 Å². The molecule has 1 aromatic carbocycles. The largest absolute Gasteiger partial charge is 0.368 e. The van der Waals surface area contributed by atoms with Gasteiger partial charge in [0.25, 0.3) is 0 Å². The number of anilines is 1. The molecule has 2 N–H and O–H groups in total. The van der Waals surface area contributed by atoms with Gasteiger partial charge in [-0.1, -0.05) is 12.1 Å². The van der Waals surface area contributed by atoms with E-state index in [9.17, 15) is 0 Å². The van der Waals surface area contributed by atoms with E-state index in [1.54, 1.807) is 11.5 Å². The van der Waals surface area contributed by atoms with E-state index in [1.807, 2.05) is 0 Å². The van der Waals surface area contributed by atoms with Gasteiger partial charge in [0.15, 0.2) is 0 Å². The Kier molecular flexibility index (Phi) is 4.80. The first-order valence-electron chi connectivity index (χ1n) is 6.22. The number of nitrogens with one attached hydrogen (secondary N) is 2. The summed E-state index contributed by atoms with van der Waals surface area (Å²) in [6.45, 7) is 3.34. The van der Waals surface area contributed by atoms with Gasteiger partial charge in [-0.25, -0.2) is 0 Å². The average Bonchev–Trinajstić information content (AvgIpc) is 2.81. The highest BCUT2D eigenvalue weighted by Gasteiger charge is 2.13. The van der Waals surface area contributed by atoms with E-state index in [-0.39, 0.29) is 12.4 Å². The Balaban J connectivity index is 0.00000120. The van der Waals surface area contributed by atoms with Crippen LogP contribution in [0.1, 0.15) is 12.8 Å². The summed E-state index contributed by atoms with van der Waals surface area (Å²) in [6, 6.07) is 8.40. The number of halogens is 1. The van der Waals surface area contributed by atoms with Crippen LogP contribution >= 0.6 is 23.9 Å². The number of rotatable bonds is 3. The molecule has 1 atom stereocenters. The van der Waals surface area contributed by atoms with Crippen LogP contribution in [0.3, 0.4) is 0 Å². The molecule has 1 aliphatic rings. The van der Waals surface area contributed by atoms with Crippen molar-refractivity contribution >= 4 is 39.8 Å². The molecule has 0 radical (unpaired) electrons. The Hall–Kier alpha value is -0.840. The van der Waals surface area contributed by atoms with Crippen LogP contribution in [0.4, 0.5) is 5.82 Å². The van der Waals surface area contributed by atoms with Crippen LogP contribution in [0.25, 0.3) is 10.1 Å². The quantitative estimate of drug-likeness (QED) is 0.909. The van der Waals surface area contributed by atoms with Gasteiger partial charge in [0, 0.05) is 11.9 Å². The summed E-state index contributed by atoms with van der Waals surface area (Å²) in [5.41, 5.74) is 0. The lowest BCUT2D eigenvalue weighted by Gasteiger charge is -2.22. The van der Waals surface area contributed by atoms with Crippen molar-refractivity contribution in [2.45, 2.75) is 12.8 Å². The Morgan fingerprint density at radius 2 is 2.28 bits per heavy atom. The van der Waals surface area contributed by atoms with E-state index in [0.29, 0.717) is 0 Å². The molecule has 2 heterocycles. The molecular formula is C13H18ClN3S. The van der Waals surface area contributed by atoms with Crippen molar-refractivity contribution in [2.75, 3.05) is 25.0 Å². The zero-order valence-corrected chi connectivity index (χ0v) is 11.8. The number of benzene rings is 1. The summed E-state index contributed by atoms with van der Waals surface area (Å²) in [5.74, 6) is 1.79. The summed E-state index contributed by atoms with van der Waals surface area (Å²) < 4.78 is 5.75. The van der Waals surface area contributed by atoms with Gasteiger partial charge in [0.1, 0.15) is 5.82 Å².